The van der Waals surface area contributed by atoms with E-state index in [4.69, 9.17) is 4.74 Å². The maximum atomic E-state index is 5.34. The SMILES string of the molecule is C1=Cc2ccccc2OC1.[B]. The Hall–Kier alpha value is -1.18. The normalized spacial score (nSPS) is 12.7. The van der Waals surface area contributed by atoms with Gasteiger partial charge in [0, 0.05) is 14.0 Å². The molecule has 2 heteroatoms. The van der Waals surface area contributed by atoms with Gasteiger partial charge in [0.2, 0.25) is 0 Å². The molecule has 53 valence electrons. The van der Waals surface area contributed by atoms with Crippen molar-refractivity contribution in [2.45, 2.75) is 0 Å². The van der Waals surface area contributed by atoms with Crippen LogP contribution < -0.4 is 4.74 Å². The summed E-state index contributed by atoms with van der Waals surface area (Å²) in [6, 6.07) is 8.03. The highest BCUT2D eigenvalue weighted by molar-refractivity contribution is 5.75. The molecule has 0 unspecified atom stereocenters. The number of fused-ring (bicyclic) bond motifs is 1. The van der Waals surface area contributed by atoms with Crippen molar-refractivity contribution in [3.8, 4) is 5.75 Å². The molecule has 3 radical (unpaired) electrons. The van der Waals surface area contributed by atoms with E-state index in [1.54, 1.807) is 0 Å². The van der Waals surface area contributed by atoms with Crippen molar-refractivity contribution in [2.24, 2.45) is 0 Å². The molecule has 0 spiro atoms. The Balaban J connectivity index is 0.000000605. The Morgan fingerprint density at radius 1 is 1.18 bits per heavy atom. The number of benzene rings is 1. The molecular formula is C9H8BO. The molecule has 1 heterocycles. The van der Waals surface area contributed by atoms with Crippen LogP contribution in [0.4, 0.5) is 0 Å². The second kappa shape index (κ2) is 3.29. The molecule has 2 rings (SSSR count). The van der Waals surface area contributed by atoms with Gasteiger partial charge in [-0.25, -0.2) is 0 Å². The molecule has 1 nitrogen and oxygen atoms in total. The van der Waals surface area contributed by atoms with Crippen molar-refractivity contribution in [1.29, 1.82) is 0 Å². The highest BCUT2D eigenvalue weighted by Crippen LogP contribution is 2.21. The fourth-order valence-corrected chi connectivity index (χ4v) is 1.06. The lowest BCUT2D eigenvalue weighted by atomic mass is 10.1. The molecule has 0 fully saturated rings. The van der Waals surface area contributed by atoms with Crippen molar-refractivity contribution in [3.63, 3.8) is 0 Å². The van der Waals surface area contributed by atoms with Gasteiger partial charge < -0.3 is 4.74 Å². The summed E-state index contributed by atoms with van der Waals surface area (Å²) in [5, 5.41) is 0. The van der Waals surface area contributed by atoms with Crippen LogP contribution in [0.1, 0.15) is 5.56 Å². The minimum absolute atomic E-state index is 0. The average Bonchev–Trinajstić information content (AvgIpc) is 2.05. The van der Waals surface area contributed by atoms with Crippen LogP contribution in [0.5, 0.6) is 5.75 Å². The van der Waals surface area contributed by atoms with Crippen molar-refractivity contribution < 1.29 is 4.74 Å². The van der Waals surface area contributed by atoms with E-state index in [9.17, 15) is 0 Å². The Bertz CT molecular complexity index is 268. The molecular weight excluding hydrogens is 135 g/mol. The number of rotatable bonds is 0. The van der Waals surface area contributed by atoms with E-state index in [0.717, 1.165) is 5.75 Å². The third-order valence-corrected chi connectivity index (χ3v) is 1.55. The van der Waals surface area contributed by atoms with Gasteiger partial charge in [0.15, 0.2) is 0 Å². The van der Waals surface area contributed by atoms with E-state index in [-0.39, 0.29) is 8.41 Å². The van der Waals surface area contributed by atoms with Crippen LogP contribution in [0.2, 0.25) is 0 Å². The van der Waals surface area contributed by atoms with E-state index in [2.05, 4.69) is 6.08 Å². The quantitative estimate of drug-likeness (QED) is 0.502. The molecule has 0 amide bonds. The van der Waals surface area contributed by atoms with Crippen molar-refractivity contribution in [3.05, 3.63) is 35.9 Å². The van der Waals surface area contributed by atoms with Crippen LogP contribution >= 0.6 is 0 Å². The van der Waals surface area contributed by atoms with Crippen molar-refractivity contribution in [1.82, 2.24) is 0 Å². The number of hydrogen-bond donors (Lipinski definition) is 0. The molecule has 0 aliphatic carbocycles. The third kappa shape index (κ3) is 1.45. The molecule has 0 atom stereocenters. The first-order valence-corrected chi connectivity index (χ1v) is 3.35. The Labute approximate surface area is 68.3 Å². The van der Waals surface area contributed by atoms with Crippen LogP contribution in [-0.4, -0.2) is 15.0 Å². The van der Waals surface area contributed by atoms with E-state index in [1.165, 1.54) is 5.56 Å². The van der Waals surface area contributed by atoms with Gasteiger partial charge in [0.25, 0.3) is 0 Å². The second-order valence-electron chi connectivity index (χ2n) is 2.25. The van der Waals surface area contributed by atoms with Crippen LogP contribution in [0.25, 0.3) is 6.08 Å². The molecule has 1 aliphatic rings. The fraction of sp³-hybridized carbons (Fsp3) is 0.111. The zero-order chi connectivity index (χ0) is 6.81. The Kier molecular flexibility index (Phi) is 2.37. The van der Waals surface area contributed by atoms with Crippen molar-refractivity contribution in [2.75, 3.05) is 6.61 Å². The monoisotopic (exact) mass is 143 g/mol. The van der Waals surface area contributed by atoms with Crippen LogP contribution in [0, 0.1) is 0 Å². The van der Waals surface area contributed by atoms with Crippen molar-refractivity contribution >= 4 is 14.5 Å². The highest BCUT2D eigenvalue weighted by atomic mass is 16.5. The Morgan fingerprint density at radius 2 is 2.00 bits per heavy atom. The largest absolute Gasteiger partial charge is 0.489 e. The molecule has 11 heavy (non-hydrogen) atoms. The first-order valence-electron chi connectivity index (χ1n) is 3.35. The second-order valence-corrected chi connectivity index (χ2v) is 2.25. The van der Waals surface area contributed by atoms with E-state index in [1.807, 2.05) is 30.3 Å². The van der Waals surface area contributed by atoms with E-state index >= 15 is 0 Å². The standard InChI is InChI=1S/C9H8O.B/c1-2-6-9-8(4-1)5-3-7-10-9;/h1-6H,7H2;. The minimum Gasteiger partial charge on any atom is -0.489 e. The lowest BCUT2D eigenvalue weighted by Gasteiger charge is -2.10. The highest BCUT2D eigenvalue weighted by Gasteiger charge is 2.01. The summed E-state index contributed by atoms with van der Waals surface area (Å²) in [5.41, 5.74) is 1.17. The Morgan fingerprint density at radius 3 is 2.82 bits per heavy atom. The number of hydrogen-bond acceptors (Lipinski definition) is 1. The molecule has 0 aromatic heterocycles. The predicted molar refractivity (Wildman–Crippen MR) is 46.7 cm³/mol. The van der Waals surface area contributed by atoms with Gasteiger partial charge in [0.05, 0.1) is 0 Å². The topological polar surface area (TPSA) is 9.23 Å². The van der Waals surface area contributed by atoms with Crippen LogP contribution in [0.3, 0.4) is 0 Å². The van der Waals surface area contributed by atoms with Gasteiger partial charge >= 0.3 is 0 Å². The summed E-state index contributed by atoms with van der Waals surface area (Å²) in [4.78, 5) is 0. The third-order valence-electron chi connectivity index (χ3n) is 1.55. The fourth-order valence-electron chi connectivity index (χ4n) is 1.06. The first kappa shape index (κ1) is 7.93. The first-order chi connectivity index (χ1) is 4.97. The predicted octanol–water partition coefficient (Wildman–Crippen LogP) is 1.71. The molecule has 0 N–H and O–H groups in total. The van der Waals surface area contributed by atoms with Gasteiger partial charge in [0.1, 0.15) is 12.4 Å². The molecule has 0 bridgehead atoms. The van der Waals surface area contributed by atoms with Crippen LogP contribution in [0.15, 0.2) is 30.3 Å². The molecule has 0 saturated carbocycles. The van der Waals surface area contributed by atoms with Gasteiger partial charge in [-0.2, -0.15) is 0 Å². The number of ether oxygens (including phenoxy) is 1. The lowest BCUT2D eigenvalue weighted by molar-refractivity contribution is 0.358. The summed E-state index contributed by atoms with van der Waals surface area (Å²) in [6.45, 7) is 0.705. The van der Waals surface area contributed by atoms with Crippen LogP contribution in [-0.2, 0) is 0 Å². The zero-order valence-electron chi connectivity index (χ0n) is 6.16. The average molecular weight is 143 g/mol. The van der Waals surface area contributed by atoms with Gasteiger partial charge in [-0.3, -0.25) is 0 Å². The molecule has 1 aromatic rings. The smallest absolute Gasteiger partial charge is 0.126 e. The lowest BCUT2D eigenvalue weighted by Crippen LogP contribution is -1.98. The molecule has 1 aliphatic heterocycles. The van der Waals surface area contributed by atoms with Gasteiger partial charge in [-0.05, 0) is 12.1 Å². The maximum absolute atomic E-state index is 5.34. The van der Waals surface area contributed by atoms with E-state index in [0.29, 0.717) is 6.61 Å². The summed E-state index contributed by atoms with van der Waals surface area (Å²) < 4.78 is 5.34. The van der Waals surface area contributed by atoms with Gasteiger partial charge in [-0.1, -0.05) is 24.3 Å². The molecule has 1 aromatic carbocycles. The minimum atomic E-state index is 0. The maximum Gasteiger partial charge on any atom is 0.126 e. The molecule has 0 saturated heterocycles. The summed E-state index contributed by atoms with van der Waals surface area (Å²) in [7, 11) is 0. The zero-order valence-corrected chi connectivity index (χ0v) is 6.16. The van der Waals surface area contributed by atoms with Gasteiger partial charge in [-0.15, -0.1) is 0 Å². The number of para-hydroxylation sites is 1. The summed E-state index contributed by atoms with van der Waals surface area (Å²) in [6.07, 6.45) is 4.10. The summed E-state index contributed by atoms with van der Waals surface area (Å²) in [5.74, 6) is 0.991. The van der Waals surface area contributed by atoms with E-state index < -0.39 is 0 Å². The summed E-state index contributed by atoms with van der Waals surface area (Å²) >= 11 is 0.